The Morgan fingerprint density at radius 1 is 1.28 bits per heavy atom. The maximum Gasteiger partial charge on any atom is 0.174 e. The van der Waals surface area contributed by atoms with Crippen molar-refractivity contribution in [1.82, 2.24) is 19.9 Å². The number of rotatable bonds is 7. The molecule has 1 aromatic carbocycles. The third-order valence-electron chi connectivity index (χ3n) is 3.91. The SMILES string of the molecule is CCOc1cc(CNC(C)c2nnc3ccccn23)cc(Br)c1OC. The Balaban J connectivity index is 1.76. The molecule has 0 amide bonds. The molecule has 0 saturated carbocycles. The standard InChI is InChI=1S/C18H21BrN4O2/c1-4-25-15-10-13(9-14(19)17(15)24-3)11-20-12(2)18-22-21-16-7-5-6-8-23(16)18/h5-10,12,20H,4,11H2,1-3H3. The number of hydrogen-bond donors (Lipinski definition) is 1. The summed E-state index contributed by atoms with van der Waals surface area (Å²) in [4.78, 5) is 0. The van der Waals surface area contributed by atoms with Gasteiger partial charge < -0.3 is 14.8 Å². The summed E-state index contributed by atoms with van der Waals surface area (Å²) < 4.78 is 13.9. The number of methoxy groups -OCH3 is 1. The van der Waals surface area contributed by atoms with Crippen LogP contribution in [-0.2, 0) is 6.54 Å². The van der Waals surface area contributed by atoms with E-state index >= 15 is 0 Å². The predicted octanol–water partition coefficient (Wildman–Crippen LogP) is 3.75. The number of nitrogens with one attached hydrogen (secondary N) is 1. The van der Waals surface area contributed by atoms with Crippen LogP contribution in [0.4, 0.5) is 0 Å². The summed E-state index contributed by atoms with van der Waals surface area (Å²) in [6, 6.07) is 9.95. The highest BCUT2D eigenvalue weighted by atomic mass is 79.9. The van der Waals surface area contributed by atoms with Crippen LogP contribution in [0.5, 0.6) is 11.5 Å². The molecule has 1 atom stereocenters. The van der Waals surface area contributed by atoms with Crippen molar-refractivity contribution in [3.8, 4) is 11.5 Å². The molecule has 1 unspecified atom stereocenters. The van der Waals surface area contributed by atoms with Crippen molar-refractivity contribution in [2.24, 2.45) is 0 Å². The highest BCUT2D eigenvalue weighted by molar-refractivity contribution is 9.10. The van der Waals surface area contributed by atoms with E-state index in [0.717, 1.165) is 27.3 Å². The smallest absolute Gasteiger partial charge is 0.174 e. The van der Waals surface area contributed by atoms with Gasteiger partial charge in [0.25, 0.3) is 0 Å². The summed E-state index contributed by atoms with van der Waals surface area (Å²) in [6.45, 7) is 5.29. The first-order valence-corrected chi connectivity index (χ1v) is 8.95. The molecule has 0 saturated heterocycles. The number of fused-ring (bicyclic) bond motifs is 1. The lowest BCUT2D eigenvalue weighted by molar-refractivity contribution is 0.309. The molecule has 0 bridgehead atoms. The van der Waals surface area contributed by atoms with E-state index in [9.17, 15) is 0 Å². The van der Waals surface area contributed by atoms with Gasteiger partial charge in [-0.2, -0.15) is 0 Å². The molecule has 0 spiro atoms. The van der Waals surface area contributed by atoms with E-state index in [1.54, 1.807) is 7.11 Å². The molecule has 2 heterocycles. The molecule has 0 fully saturated rings. The van der Waals surface area contributed by atoms with Crippen LogP contribution >= 0.6 is 15.9 Å². The Bertz CT molecular complexity index is 865. The van der Waals surface area contributed by atoms with Gasteiger partial charge in [0.15, 0.2) is 23.0 Å². The summed E-state index contributed by atoms with van der Waals surface area (Å²) in [6.07, 6.45) is 1.97. The van der Waals surface area contributed by atoms with Crippen LogP contribution < -0.4 is 14.8 Å². The minimum absolute atomic E-state index is 0.0498. The minimum Gasteiger partial charge on any atom is -0.492 e. The molecule has 0 aliphatic rings. The Morgan fingerprint density at radius 3 is 2.88 bits per heavy atom. The summed E-state index contributed by atoms with van der Waals surface area (Å²) >= 11 is 3.55. The van der Waals surface area contributed by atoms with Gasteiger partial charge in [0.2, 0.25) is 0 Å². The molecule has 3 aromatic rings. The van der Waals surface area contributed by atoms with Crippen LogP contribution in [0.15, 0.2) is 41.0 Å². The fourth-order valence-corrected chi connectivity index (χ4v) is 3.35. The van der Waals surface area contributed by atoms with Crippen LogP contribution in [0.1, 0.15) is 31.3 Å². The maximum atomic E-state index is 5.68. The zero-order valence-corrected chi connectivity index (χ0v) is 16.1. The number of aromatic nitrogens is 3. The van der Waals surface area contributed by atoms with Crippen molar-refractivity contribution in [2.45, 2.75) is 26.4 Å². The van der Waals surface area contributed by atoms with Crippen molar-refractivity contribution < 1.29 is 9.47 Å². The molecular formula is C18H21BrN4O2. The van der Waals surface area contributed by atoms with Gasteiger partial charge in [-0.3, -0.25) is 4.40 Å². The van der Waals surface area contributed by atoms with Crippen LogP contribution in [0.25, 0.3) is 5.65 Å². The fraction of sp³-hybridized carbons (Fsp3) is 0.333. The number of nitrogens with zero attached hydrogens (tertiary/aromatic N) is 3. The molecule has 2 aromatic heterocycles. The molecule has 25 heavy (non-hydrogen) atoms. The number of halogens is 1. The first kappa shape index (κ1) is 17.7. The largest absolute Gasteiger partial charge is 0.492 e. The maximum absolute atomic E-state index is 5.68. The molecule has 1 N–H and O–H groups in total. The second-order valence-corrected chi connectivity index (χ2v) is 6.49. The van der Waals surface area contributed by atoms with E-state index in [0.29, 0.717) is 18.9 Å². The monoisotopic (exact) mass is 404 g/mol. The van der Waals surface area contributed by atoms with Gasteiger partial charge in [0.05, 0.1) is 24.2 Å². The Morgan fingerprint density at radius 2 is 2.12 bits per heavy atom. The lowest BCUT2D eigenvalue weighted by atomic mass is 10.2. The summed E-state index contributed by atoms with van der Waals surface area (Å²) in [7, 11) is 1.64. The number of ether oxygens (including phenoxy) is 2. The molecule has 6 nitrogen and oxygen atoms in total. The molecule has 0 aliphatic heterocycles. The molecular weight excluding hydrogens is 384 g/mol. The number of benzene rings is 1. The molecule has 132 valence electrons. The first-order chi connectivity index (χ1) is 12.1. The van der Waals surface area contributed by atoms with E-state index in [-0.39, 0.29) is 6.04 Å². The second kappa shape index (κ2) is 7.84. The normalized spacial score (nSPS) is 12.3. The van der Waals surface area contributed by atoms with Crippen LogP contribution in [0, 0.1) is 0 Å². The lowest BCUT2D eigenvalue weighted by Gasteiger charge is -2.16. The predicted molar refractivity (Wildman–Crippen MR) is 100 cm³/mol. The zero-order chi connectivity index (χ0) is 17.8. The van der Waals surface area contributed by atoms with E-state index in [4.69, 9.17) is 9.47 Å². The van der Waals surface area contributed by atoms with Gasteiger partial charge in [-0.15, -0.1) is 10.2 Å². The lowest BCUT2D eigenvalue weighted by Crippen LogP contribution is -2.20. The summed E-state index contributed by atoms with van der Waals surface area (Å²) in [5.41, 5.74) is 1.94. The molecule has 7 heteroatoms. The highest BCUT2D eigenvalue weighted by Gasteiger charge is 2.15. The van der Waals surface area contributed by atoms with E-state index in [1.807, 2.05) is 47.9 Å². The van der Waals surface area contributed by atoms with Crippen molar-refractivity contribution in [3.05, 3.63) is 52.4 Å². The van der Waals surface area contributed by atoms with Gasteiger partial charge in [-0.1, -0.05) is 6.07 Å². The van der Waals surface area contributed by atoms with Crippen molar-refractivity contribution in [2.75, 3.05) is 13.7 Å². The van der Waals surface area contributed by atoms with Crippen LogP contribution in [-0.4, -0.2) is 28.3 Å². The second-order valence-electron chi connectivity index (χ2n) is 5.63. The first-order valence-electron chi connectivity index (χ1n) is 8.16. The van der Waals surface area contributed by atoms with E-state index in [1.165, 1.54) is 0 Å². The van der Waals surface area contributed by atoms with Crippen molar-refractivity contribution in [3.63, 3.8) is 0 Å². The quantitative estimate of drug-likeness (QED) is 0.649. The third-order valence-corrected chi connectivity index (χ3v) is 4.50. The fourth-order valence-electron chi connectivity index (χ4n) is 2.70. The number of pyridine rings is 1. The Labute approximate surface area is 155 Å². The van der Waals surface area contributed by atoms with Crippen molar-refractivity contribution in [1.29, 1.82) is 0 Å². The average molecular weight is 405 g/mol. The topological polar surface area (TPSA) is 60.7 Å². The summed E-state index contributed by atoms with van der Waals surface area (Å²) in [5.74, 6) is 2.33. The van der Waals surface area contributed by atoms with Gasteiger partial charge in [0, 0.05) is 12.7 Å². The average Bonchev–Trinajstić information content (AvgIpc) is 3.04. The van der Waals surface area contributed by atoms with Gasteiger partial charge >= 0.3 is 0 Å². The van der Waals surface area contributed by atoms with Crippen LogP contribution in [0.3, 0.4) is 0 Å². The Hall–Kier alpha value is -2.12. The van der Waals surface area contributed by atoms with E-state index in [2.05, 4.69) is 38.4 Å². The Kier molecular flexibility index (Phi) is 5.55. The molecule has 0 radical (unpaired) electrons. The van der Waals surface area contributed by atoms with Gasteiger partial charge in [-0.25, -0.2) is 0 Å². The number of hydrogen-bond acceptors (Lipinski definition) is 5. The molecule has 0 aliphatic carbocycles. The summed E-state index contributed by atoms with van der Waals surface area (Å²) in [5, 5.41) is 12.0. The zero-order valence-electron chi connectivity index (χ0n) is 14.5. The molecule has 3 rings (SSSR count). The van der Waals surface area contributed by atoms with Gasteiger partial charge in [0.1, 0.15) is 0 Å². The van der Waals surface area contributed by atoms with Crippen molar-refractivity contribution >= 4 is 21.6 Å². The minimum atomic E-state index is 0.0498. The van der Waals surface area contributed by atoms with Gasteiger partial charge in [-0.05, 0) is 59.6 Å². The third kappa shape index (κ3) is 3.77. The highest BCUT2D eigenvalue weighted by Crippen LogP contribution is 2.36. The van der Waals surface area contributed by atoms with E-state index < -0.39 is 0 Å². The van der Waals surface area contributed by atoms with Crippen LogP contribution in [0.2, 0.25) is 0 Å².